The van der Waals surface area contributed by atoms with Crippen molar-refractivity contribution in [3.05, 3.63) is 129 Å². The molecule has 7 aromatic rings. The molecule has 8 aliphatic rings. The van der Waals surface area contributed by atoms with Crippen molar-refractivity contribution in [1.29, 1.82) is 0 Å². The Morgan fingerprint density at radius 2 is 0.881 bits per heavy atom. The number of rotatable bonds is 6. The number of hydrogen-bond acceptors (Lipinski definition) is 5. The summed E-state index contributed by atoms with van der Waals surface area (Å²) in [5, 5.41) is 27.2. The molecule has 15 rings (SSSR count). The zero-order valence-corrected chi connectivity index (χ0v) is 44.9. The predicted molar refractivity (Wildman–Crippen MR) is 271 cm³/mol. The second-order valence-electron chi connectivity index (χ2n) is 23.5. The number of thiophene rings is 2. The van der Waals surface area contributed by atoms with E-state index in [1.165, 1.54) is 50.7 Å². The Morgan fingerprint density at radius 1 is 0.507 bits per heavy atom. The Kier molecular flexibility index (Phi) is 11.0. The van der Waals surface area contributed by atoms with Crippen molar-refractivity contribution in [3.63, 3.8) is 0 Å². The minimum Gasteiger partial charge on any atom is -0.507 e. The summed E-state index contributed by atoms with van der Waals surface area (Å²) >= 11 is 3.15. The Balaban J connectivity index is 0.00000175. The first-order chi connectivity index (χ1) is 30.5. The molecular weight excluding hydrogens is 1040 g/mol. The third kappa shape index (κ3) is 7.12. The molecule has 8 aliphatic carbocycles. The molecule has 0 radical (unpaired) electrons. The van der Waals surface area contributed by atoms with E-state index in [1.54, 1.807) is 34.8 Å². The van der Waals surface area contributed by atoms with Crippen LogP contribution in [0.1, 0.15) is 116 Å². The van der Waals surface area contributed by atoms with Crippen LogP contribution >= 0.6 is 22.7 Å². The van der Waals surface area contributed by atoms with Gasteiger partial charge in [-0.1, -0.05) is 70.2 Å². The van der Waals surface area contributed by atoms with Gasteiger partial charge in [-0.15, -0.1) is 22.7 Å². The number of nitrogens with zero attached hydrogens (tertiary/aromatic N) is 1. The molecular formula is C59H61F2HfNO2S2-2. The van der Waals surface area contributed by atoms with Crippen molar-refractivity contribution in [3.8, 4) is 54.9 Å². The van der Waals surface area contributed by atoms with Crippen LogP contribution in [0.2, 0.25) is 0 Å². The topological polar surface area (TPSA) is 53.4 Å². The summed E-state index contributed by atoms with van der Waals surface area (Å²) in [6, 6.07) is 28.9. The molecule has 8 bridgehead atoms. The van der Waals surface area contributed by atoms with Gasteiger partial charge in [0.2, 0.25) is 0 Å². The predicted octanol–water partition coefficient (Wildman–Crippen LogP) is 17.3. The van der Waals surface area contributed by atoms with Crippen molar-refractivity contribution in [2.45, 2.75) is 116 Å². The van der Waals surface area contributed by atoms with Gasteiger partial charge in [-0.25, -0.2) is 13.8 Å². The fourth-order valence-electron chi connectivity index (χ4n) is 17.5. The van der Waals surface area contributed by atoms with E-state index in [-0.39, 0.29) is 96.3 Å². The van der Waals surface area contributed by atoms with E-state index >= 15 is 8.78 Å². The Bertz CT molecular complexity index is 2910. The number of aromatic nitrogens is 1. The minimum absolute atomic E-state index is 0. The van der Waals surface area contributed by atoms with Crippen molar-refractivity contribution >= 4 is 42.8 Å². The van der Waals surface area contributed by atoms with Crippen molar-refractivity contribution in [2.75, 3.05) is 0 Å². The molecule has 0 aliphatic heterocycles. The van der Waals surface area contributed by atoms with Crippen LogP contribution in [-0.4, -0.2) is 15.2 Å². The molecule has 4 unspecified atom stereocenters. The molecule has 3 aromatic heterocycles. The van der Waals surface area contributed by atoms with Crippen LogP contribution in [0.3, 0.4) is 0 Å². The molecule has 2 N–H and O–H groups in total. The van der Waals surface area contributed by atoms with Gasteiger partial charge < -0.3 is 25.1 Å². The number of phenolic OH excluding ortho intramolecular Hbond substituents is 2. The fraction of sp³-hybridized carbons (Fsp3) is 0.407. The summed E-state index contributed by atoms with van der Waals surface area (Å²) in [4.78, 5) is 7.08. The SMILES string of the molecule is CC12CC3CC(C)(C1)CC(c1cc(F)cc(-c4sc5ccccc5c4-c4cccc(-c5c(-c6cc(F)cc(C78CC9CC(C)(CC(C)(C9)C7)C8)c6O)sc6ccccc56)n4)c1O)(C3)C2.[CH3-].[CH3-].[Hf]. The van der Waals surface area contributed by atoms with Crippen LogP contribution in [0, 0.1) is 60.0 Å². The smallest absolute Gasteiger partial charge is 0.128 e. The van der Waals surface area contributed by atoms with Crippen LogP contribution in [-0.2, 0) is 36.7 Å². The zero-order chi connectivity index (χ0) is 43.8. The molecule has 0 amide bonds. The quantitative estimate of drug-likeness (QED) is 0.129. The van der Waals surface area contributed by atoms with Gasteiger partial charge in [-0.2, -0.15) is 0 Å². The maximum absolute atomic E-state index is 16.3. The molecule has 8 heteroatoms. The van der Waals surface area contributed by atoms with E-state index in [0.29, 0.717) is 34.4 Å². The van der Waals surface area contributed by atoms with Crippen molar-refractivity contribution < 1.29 is 44.8 Å². The normalized spacial score (nSPS) is 32.0. The van der Waals surface area contributed by atoms with E-state index < -0.39 is 0 Å². The second kappa shape index (κ2) is 15.6. The first-order valence-corrected chi connectivity index (χ1v) is 25.2. The van der Waals surface area contributed by atoms with Gasteiger partial charge in [-0.05, 0) is 159 Å². The molecule has 8 fully saturated rings. The average molecular weight is 1100 g/mol. The Morgan fingerprint density at radius 3 is 1.25 bits per heavy atom. The second-order valence-corrected chi connectivity index (χ2v) is 25.6. The van der Waals surface area contributed by atoms with E-state index in [1.807, 2.05) is 42.5 Å². The van der Waals surface area contributed by atoms with Crippen LogP contribution in [0.4, 0.5) is 8.78 Å². The summed E-state index contributed by atoms with van der Waals surface area (Å²) < 4.78 is 34.7. The van der Waals surface area contributed by atoms with Gasteiger partial charge in [0, 0.05) is 100.0 Å². The van der Waals surface area contributed by atoms with E-state index in [2.05, 4.69) is 52.0 Å². The minimum atomic E-state index is -0.320. The number of fused-ring (bicyclic) bond motifs is 2. The molecule has 4 aromatic carbocycles. The molecule has 346 valence electrons. The standard InChI is InChI=1S/C57H55F2NO2S2.2CH3.Hf/c1-52-20-32-21-53(2,26-52)29-56(24-32,28-52)40-18-34(58)16-38(48(40)61)50-46(36-10-5-7-14-44(36)63-50)42-12-9-13-43(60-42)47-37-11-6-8-15-45(37)64-51(47)39-17-35(59)19-41(49(39)62)57-25-33-22-54(3,30-57)27-55(4,23-33)31-57;;;/h5-19,32-33,61-62H,20-31H2,1-4H3;2*1H3;/q;2*-1;. The summed E-state index contributed by atoms with van der Waals surface area (Å²) in [7, 11) is 0. The summed E-state index contributed by atoms with van der Waals surface area (Å²) in [5.41, 5.74) is 6.00. The first-order valence-electron chi connectivity index (χ1n) is 23.6. The number of hydrogen-bond donors (Lipinski definition) is 2. The van der Waals surface area contributed by atoms with E-state index in [4.69, 9.17) is 4.98 Å². The Hall–Kier alpha value is -3.72. The average Bonchev–Trinajstić information content (AvgIpc) is 3.79. The number of aromatic hydroxyl groups is 2. The summed E-state index contributed by atoms with van der Waals surface area (Å²) in [6.07, 6.45) is 13.2. The molecule has 0 spiro atoms. The van der Waals surface area contributed by atoms with E-state index in [0.717, 1.165) is 90.7 Å². The van der Waals surface area contributed by atoms with Gasteiger partial charge in [0.1, 0.15) is 23.1 Å². The monoisotopic (exact) mass is 1100 g/mol. The summed E-state index contributed by atoms with van der Waals surface area (Å²) in [6.45, 7) is 9.69. The zero-order valence-electron chi connectivity index (χ0n) is 39.7. The van der Waals surface area contributed by atoms with E-state index in [9.17, 15) is 10.2 Å². The number of phenols is 2. The molecule has 3 nitrogen and oxygen atoms in total. The first kappa shape index (κ1) is 47.0. The maximum Gasteiger partial charge on any atom is 0.128 e. The number of pyridine rings is 1. The Labute approximate surface area is 422 Å². The van der Waals surface area contributed by atoms with Gasteiger partial charge in [0.25, 0.3) is 0 Å². The largest absolute Gasteiger partial charge is 0.507 e. The fourth-order valence-corrected chi connectivity index (χ4v) is 20.0. The summed E-state index contributed by atoms with van der Waals surface area (Å²) in [5.74, 6) is 0.938. The van der Waals surface area contributed by atoms with Gasteiger partial charge in [-0.3, -0.25) is 0 Å². The van der Waals surface area contributed by atoms with Crippen molar-refractivity contribution in [2.24, 2.45) is 33.5 Å². The maximum atomic E-state index is 16.3. The number of halogens is 2. The number of benzene rings is 4. The van der Waals surface area contributed by atoms with Crippen LogP contribution in [0.25, 0.3) is 63.6 Å². The third-order valence-corrected chi connectivity index (χ3v) is 19.9. The van der Waals surface area contributed by atoms with Crippen molar-refractivity contribution in [1.82, 2.24) is 4.98 Å². The third-order valence-electron chi connectivity index (χ3n) is 17.5. The molecule has 0 saturated heterocycles. The molecule has 3 heterocycles. The molecule has 67 heavy (non-hydrogen) atoms. The molecule has 8 saturated carbocycles. The molecule has 4 atom stereocenters. The van der Waals surface area contributed by atoms with Crippen LogP contribution < -0.4 is 0 Å². The van der Waals surface area contributed by atoms with Crippen LogP contribution in [0.5, 0.6) is 11.5 Å². The van der Waals surface area contributed by atoms with Crippen LogP contribution in [0.15, 0.2) is 91.0 Å². The van der Waals surface area contributed by atoms with Gasteiger partial charge in [0.15, 0.2) is 0 Å². The van der Waals surface area contributed by atoms with Gasteiger partial charge >= 0.3 is 0 Å². The van der Waals surface area contributed by atoms with Gasteiger partial charge in [0.05, 0.1) is 11.4 Å².